The first kappa shape index (κ1) is 9.51. The van der Waals surface area contributed by atoms with Gasteiger partial charge in [-0.25, -0.2) is 0 Å². The van der Waals surface area contributed by atoms with E-state index in [2.05, 4.69) is 15.3 Å². The summed E-state index contributed by atoms with van der Waals surface area (Å²) >= 11 is 0. The monoisotopic (exact) mass is 202 g/mol. The minimum absolute atomic E-state index is 0.0410. The third-order valence-electron chi connectivity index (χ3n) is 2.02. The van der Waals surface area contributed by atoms with Gasteiger partial charge in [0.05, 0.1) is 6.20 Å². The van der Waals surface area contributed by atoms with Gasteiger partial charge >= 0.3 is 0 Å². The van der Waals surface area contributed by atoms with Gasteiger partial charge in [0.25, 0.3) is 0 Å². The van der Waals surface area contributed by atoms with Gasteiger partial charge in [0.15, 0.2) is 5.78 Å². The van der Waals surface area contributed by atoms with Crippen molar-refractivity contribution in [3.8, 4) is 11.3 Å². The maximum atomic E-state index is 11.0. The molecule has 0 saturated heterocycles. The molecule has 0 amide bonds. The van der Waals surface area contributed by atoms with E-state index < -0.39 is 0 Å². The molecule has 0 atom stereocenters. The van der Waals surface area contributed by atoms with Crippen molar-refractivity contribution in [2.75, 3.05) is 0 Å². The van der Waals surface area contributed by atoms with E-state index in [9.17, 15) is 4.79 Å². The van der Waals surface area contributed by atoms with Gasteiger partial charge in [-0.1, -0.05) is 5.21 Å². The molecule has 15 heavy (non-hydrogen) atoms. The smallest absolute Gasteiger partial charge is 0.178 e. The molecule has 5 nitrogen and oxygen atoms in total. The summed E-state index contributed by atoms with van der Waals surface area (Å²) in [6, 6.07) is 3.50. The van der Waals surface area contributed by atoms with Crippen molar-refractivity contribution in [1.82, 2.24) is 20.0 Å². The van der Waals surface area contributed by atoms with Gasteiger partial charge < -0.3 is 0 Å². The lowest BCUT2D eigenvalue weighted by Crippen LogP contribution is -1.95. The van der Waals surface area contributed by atoms with Gasteiger partial charge in [0, 0.05) is 25.7 Å². The number of nitrogens with zero attached hydrogens (tertiary/aromatic N) is 4. The van der Waals surface area contributed by atoms with Crippen LogP contribution in [0.25, 0.3) is 11.3 Å². The van der Waals surface area contributed by atoms with Crippen LogP contribution in [-0.4, -0.2) is 25.8 Å². The Morgan fingerprint density at radius 3 is 2.67 bits per heavy atom. The maximum absolute atomic E-state index is 11.0. The number of ketones is 1. The Labute approximate surface area is 86.8 Å². The summed E-state index contributed by atoms with van der Waals surface area (Å²) in [6.07, 6.45) is 3.42. The van der Waals surface area contributed by atoms with E-state index in [1.165, 1.54) is 6.92 Å². The lowest BCUT2D eigenvalue weighted by Gasteiger charge is -1.96. The molecule has 0 aliphatic rings. The van der Waals surface area contributed by atoms with Gasteiger partial charge in [-0.2, -0.15) is 0 Å². The summed E-state index contributed by atoms with van der Waals surface area (Å²) in [5.41, 5.74) is 2.07. The summed E-state index contributed by atoms with van der Waals surface area (Å²) in [5, 5.41) is 7.77. The molecule has 0 N–H and O–H groups in total. The molecule has 0 radical (unpaired) electrons. The highest BCUT2D eigenvalue weighted by Crippen LogP contribution is 2.14. The second kappa shape index (κ2) is 3.61. The average Bonchev–Trinajstić information content (AvgIpc) is 2.65. The Hall–Kier alpha value is -2.04. The van der Waals surface area contributed by atoms with Gasteiger partial charge in [0.1, 0.15) is 11.4 Å². The normalized spacial score (nSPS) is 10.3. The Morgan fingerprint density at radius 1 is 1.40 bits per heavy atom. The topological polar surface area (TPSA) is 60.7 Å². The Kier molecular flexibility index (Phi) is 2.29. The van der Waals surface area contributed by atoms with Crippen molar-refractivity contribution in [2.24, 2.45) is 7.05 Å². The number of rotatable bonds is 2. The highest BCUT2D eigenvalue weighted by Gasteiger charge is 2.04. The number of carbonyl (C=O) groups excluding carboxylic acids is 1. The zero-order valence-corrected chi connectivity index (χ0v) is 8.51. The molecule has 5 heteroatoms. The lowest BCUT2D eigenvalue weighted by atomic mass is 10.2. The van der Waals surface area contributed by atoms with Crippen LogP contribution in [0.5, 0.6) is 0 Å². The van der Waals surface area contributed by atoms with Crippen LogP contribution < -0.4 is 0 Å². The molecule has 0 bridgehead atoms. The zero-order valence-electron chi connectivity index (χ0n) is 8.51. The predicted molar refractivity (Wildman–Crippen MR) is 54.2 cm³/mol. The number of carbonyl (C=O) groups is 1. The summed E-state index contributed by atoms with van der Waals surface area (Å²) in [4.78, 5) is 15.0. The summed E-state index contributed by atoms with van der Waals surface area (Å²) < 4.78 is 1.62. The molecule has 2 aromatic heterocycles. The Morgan fingerprint density at radius 2 is 2.20 bits per heavy atom. The third-order valence-corrected chi connectivity index (χ3v) is 2.02. The van der Waals surface area contributed by atoms with Gasteiger partial charge in [0.2, 0.25) is 0 Å². The van der Waals surface area contributed by atoms with Crippen molar-refractivity contribution in [3.05, 3.63) is 30.2 Å². The fourth-order valence-corrected chi connectivity index (χ4v) is 1.23. The second-order valence-electron chi connectivity index (χ2n) is 3.27. The van der Waals surface area contributed by atoms with Gasteiger partial charge in [-0.15, -0.1) is 5.10 Å². The molecule has 0 saturated carbocycles. The summed E-state index contributed by atoms with van der Waals surface area (Å²) in [7, 11) is 1.80. The van der Waals surface area contributed by atoms with E-state index in [1.807, 2.05) is 6.07 Å². The van der Waals surface area contributed by atoms with E-state index in [1.54, 1.807) is 30.2 Å². The molecule has 2 aromatic rings. The van der Waals surface area contributed by atoms with Crippen molar-refractivity contribution in [1.29, 1.82) is 0 Å². The highest BCUT2D eigenvalue weighted by atomic mass is 16.1. The van der Waals surface area contributed by atoms with Crippen LogP contribution in [-0.2, 0) is 7.05 Å². The summed E-state index contributed by atoms with van der Waals surface area (Å²) in [6.45, 7) is 1.49. The molecule has 2 rings (SSSR count). The quantitative estimate of drug-likeness (QED) is 0.683. The average molecular weight is 202 g/mol. The number of hydrogen-bond donors (Lipinski definition) is 0. The number of pyridine rings is 1. The Balaban J connectivity index is 2.35. The first-order valence-electron chi connectivity index (χ1n) is 4.50. The van der Waals surface area contributed by atoms with Crippen LogP contribution in [0, 0.1) is 0 Å². The van der Waals surface area contributed by atoms with Crippen molar-refractivity contribution >= 4 is 5.78 Å². The van der Waals surface area contributed by atoms with E-state index >= 15 is 0 Å². The molecular weight excluding hydrogens is 192 g/mol. The zero-order chi connectivity index (χ0) is 10.8. The SMILES string of the molecule is CC(=O)c1ccc(-c2cn(C)nn2)cn1. The minimum atomic E-state index is -0.0410. The van der Waals surface area contributed by atoms with Crippen LogP contribution in [0.2, 0.25) is 0 Å². The fraction of sp³-hybridized carbons (Fsp3) is 0.200. The third kappa shape index (κ3) is 1.90. The molecule has 0 aromatic carbocycles. The van der Waals surface area contributed by atoms with E-state index in [-0.39, 0.29) is 5.78 Å². The number of aromatic nitrogens is 4. The molecule has 0 unspecified atom stereocenters. The highest BCUT2D eigenvalue weighted by molar-refractivity contribution is 5.92. The number of aryl methyl sites for hydroxylation is 1. The van der Waals surface area contributed by atoms with Crippen LogP contribution in [0.15, 0.2) is 24.5 Å². The van der Waals surface area contributed by atoms with Crippen molar-refractivity contribution in [2.45, 2.75) is 6.92 Å². The van der Waals surface area contributed by atoms with Gasteiger partial charge in [-0.3, -0.25) is 14.5 Å². The van der Waals surface area contributed by atoms with Crippen LogP contribution in [0.3, 0.4) is 0 Å². The fourth-order valence-electron chi connectivity index (χ4n) is 1.23. The second-order valence-corrected chi connectivity index (χ2v) is 3.27. The largest absolute Gasteiger partial charge is 0.293 e. The van der Waals surface area contributed by atoms with Crippen molar-refractivity contribution in [3.63, 3.8) is 0 Å². The van der Waals surface area contributed by atoms with Gasteiger partial charge in [-0.05, 0) is 12.1 Å². The van der Waals surface area contributed by atoms with E-state index in [0.29, 0.717) is 5.69 Å². The van der Waals surface area contributed by atoms with Crippen LogP contribution in [0.1, 0.15) is 17.4 Å². The maximum Gasteiger partial charge on any atom is 0.178 e. The molecule has 0 aliphatic carbocycles. The molecule has 2 heterocycles. The first-order valence-corrected chi connectivity index (χ1v) is 4.50. The van der Waals surface area contributed by atoms with Crippen LogP contribution in [0.4, 0.5) is 0 Å². The molecule has 0 spiro atoms. The Bertz CT molecular complexity index is 486. The molecule has 76 valence electrons. The summed E-state index contributed by atoms with van der Waals surface area (Å²) in [5.74, 6) is -0.0410. The predicted octanol–water partition coefficient (Wildman–Crippen LogP) is 1.08. The molecule has 0 aliphatic heterocycles. The first-order chi connectivity index (χ1) is 7.16. The minimum Gasteiger partial charge on any atom is -0.293 e. The molecule has 0 fully saturated rings. The molecular formula is C10H10N4O. The number of Topliss-reactive ketones (excluding diaryl/α,β-unsaturated/α-hetero) is 1. The lowest BCUT2D eigenvalue weighted by molar-refractivity contribution is 0.101. The van der Waals surface area contributed by atoms with Crippen molar-refractivity contribution < 1.29 is 4.79 Å². The van der Waals surface area contributed by atoms with Crippen LogP contribution >= 0.6 is 0 Å². The van der Waals surface area contributed by atoms with E-state index in [4.69, 9.17) is 0 Å². The number of hydrogen-bond acceptors (Lipinski definition) is 4. The van der Waals surface area contributed by atoms with E-state index in [0.717, 1.165) is 11.3 Å². The standard InChI is InChI=1S/C10H10N4O/c1-7(15)9-4-3-8(5-11-9)10-6-14(2)13-12-10/h3-6H,1-2H3.